The van der Waals surface area contributed by atoms with Crippen LogP contribution in [0.25, 0.3) is 0 Å². The highest BCUT2D eigenvalue weighted by atomic mass is 127. The first-order valence-electron chi connectivity index (χ1n) is 6.99. The third kappa shape index (κ3) is 5.16. The van der Waals surface area contributed by atoms with E-state index < -0.39 is 0 Å². The number of nitrogens with zero attached hydrogens (tertiary/aromatic N) is 2. The number of piperidine rings is 2. The quantitative estimate of drug-likeness (QED) is 0.431. The van der Waals surface area contributed by atoms with Crippen molar-refractivity contribution in [2.75, 3.05) is 19.6 Å². The molecule has 5 nitrogen and oxygen atoms in total. The van der Waals surface area contributed by atoms with Gasteiger partial charge in [-0.05, 0) is 31.6 Å². The summed E-state index contributed by atoms with van der Waals surface area (Å²) in [5, 5.41) is 2.96. The Labute approximate surface area is 132 Å². The predicted molar refractivity (Wildman–Crippen MR) is 87.7 cm³/mol. The maximum atomic E-state index is 11.3. The number of amides is 1. The molecule has 2 rings (SSSR count). The van der Waals surface area contributed by atoms with Gasteiger partial charge >= 0.3 is 0 Å². The van der Waals surface area contributed by atoms with Crippen LogP contribution in [0.2, 0.25) is 0 Å². The zero-order valence-electron chi connectivity index (χ0n) is 11.6. The van der Waals surface area contributed by atoms with Gasteiger partial charge in [0.1, 0.15) is 0 Å². The SMILES string of the molecule is CC1CCCN(C(N)=NCC2CCCC(=O)N2)C1.I. The van der Waals surface area contributed by atoms with E-state index in [2.05, 4.69) is 22.1 Å². The molecule has 0 aliphatic carbocycles. The summed E-state index contributed by atoms with van der Waals surface area (Å²) in [6.07, 6.45) is 5.10. The summed E-state index contributed by atoms with van der Waals surface area (Å²) in [6, 6.07) is 0.173. The molecule has 2 saturated heterocycles. The summed E-state index contributed by atoms with van der Waals surface area (Å²) in [4.78, 5) is 17.9. The Balaban J connectivity index is 0.00000180. The van der Waals surface area contributed by atoms with Gasteiger partial charge in [0.2, 0.25) is 5.91 Å². The van der Waals surface area contributed by atoms with Crippen molar-refractivity contribution in [1.29, 1.82) is 0 Å². The number of hydrogen-bond donors (Lipinski definition) is 2. The summed E-state index contributed by atoms with van der Waals surface area (Å²) in [5.41, 5.74) is 6.03. The highest BCUT2D eigenvalue weighted by Crippen LogP contribution is 2.15. The average Bonchev–Trinajstić information content (AvgIpc) is 2.36. The van der Waals surface area contributed by atoms with Crippen molar-refractivity contribution in [3.05, 3.63) is 0 Å². The van der Waals surface area contributed by atoms with Crippen molar-refractivity contribution < 1.29 is 4.79 Å². The summed E-state index contributed by atoms with van der Waals surface area (Å²) < 4.78 is 0. The zero-order valence-corrected chi connectivity index (χ0v) is 13.9. The van der Waals surface area contributed by atoms with Crippen LogP contribution in [0, 0.1) is 5.92 Å². The second kappa shape index (κ2) is 7.91. The molecule has 110 valence electrons. The predicted octanol–water partition coefficient (Wildman–Crippen LogP) is 1.32. The van der Waals surface area contributed by atoms with Crippen LogP contribution in [0.4, 0.5) is 0 Å². The van der Waals surface area contributed by atoms with Crippen LogP contribution in [-0.4, -0.2) is 42.4 Å². The van der Waals surface area contributed by atoms with E-state index in [9.17, 15) is 4.79 Å². The number of nitrogens with two attached hydrogens (primary N) is 1. The zero-order chi connectivity index (χ0) is 13.0. The number of likely N-dealkylation sites (tertiary alicyclic amines) is 1. The summed E-state index contributed by atoms with van der Waals surface area (Å²) in [7, 11) is 0. The van der Waals surface area contributed by atoms with Gasteiger partial charge in [-0.1, -0.05) is 6.92 Å². The van der Waals surface area contributed by atoms with Crippen LogP contribution in [0.3, 0.4) is 0 Å². The van der Waals surface area contributed by atoms with Crippen molar-refractivity contribution in [3.63, 3.8) is 0 Å². The average molecular weight is 380 g/mol. The number of aliphatic imine (C=N–C) groups is 1. The van der Waals surface area contributed by atoms with Crippen molar-refractivity contribution in [2.45, 2.75) is 45.1 Å². The molecule has 19 heavy (non-hydrogen) atoms. The maximum absolute atomic E-state index is 11.3. The lowest BCUT2D eigenvalue weighted by Crippen LogP contribution is -2.45. The summed E-state index contributed by atoms with van der Waals surface area (Å²) in [6.45, 7) is 4.88. The van der Waals surface area contributed by atoms with Crippen LogP contribution < -0.4 is 11.1 Å². The molecular formula is C13H25IN4O. The van der Waals surface area contributed by atoms with E-state index in [0.29, 0.717) is 24.8 Å². The number of rotatable bonds is 2. The standard InChI is InChI=1S/C13H24N4O.HI/c1-10-4-3-7-17(9-10)13(14)15-8-11-5-2-6-12(18)16-11;/h10-11H,2-9H2,1H3,(H2,14,15)(H,16,18);1H. The Morgan fingerprint density at radius 3 is 2.95 bits per heavy atom. The van der Waals surface area contributed by atoms with Gasteiger partial charge in [0.25, 0.3) is 0 Å². The van der Waals surface area contributed by atoms with E-state index in [1.807, 2.05) is 0 Å². The first-order valence-corrected chi connectivity index (χ1v) is 6.99. The van der Waals surface area contributed by atoms with E-state index in [1.165, 1.54) is 12.8 Å². The molecule has 0 aromatic heterocycles. The van der Waals surface area contributed by atoms with Crippen molar-refractivity contribution in [2.24, 2.45) is 16.6 Å². The van der Waals surface area contributed by atoms with Crippen LogP contribution >= 0.6 is 24.0 Å². The normalized spacial score (nSPS) is 28.6. The third-order valence-corrected chi connectivity index (χ3v) is 3.78. The second-order valence-electron chi connectivity index (χ2n) is 5.55. The van der Waals surface area contributed by atoms with Gasteiger partial charge in [0.15, 0.2) is 5.96 Å². The molecule has 2 aliphatic rings. The van der Waals surface area contributed by atoms with Crippen molar-refractivity contribution >= 4 is 35.8 Å². The highest BCUT2D eigenvalue weighted by Gasteiger charge is 2.20. The van der Waals surface area contributed by atoms with Gasteiger partial charge < -0.3 is 16.0 Å². The first kappa shape index (κ1) is 16.5. The number of carbonyl (C=O) groups excluding carboxylic acids is 1. The Bertz CT molecular complexity index is 335. The van der Waals surface area contributed by atoms with Gasteiger partial charge in [-0.2, -0.15) is 0 Å². The molecule has 2 aliphatic heterocycles. The number of guanidine groups is 1. The first-order chi connectivity index (χ1) is 8.65. The van der Waals surface area contributed by atoms with Gasteiger partial charge in [0.05, 0.1) is 6.54 Å². The van der Waals surface area contributed by atoms with Crippen LogP contribution in [0.15, 0.2) is 4.99 Å². The molecule has 2 unspecified atom stereocenters. The third-order valence-electron chi connectivity index (χ3n) is 3.78. The molecule has 0 bridgehead atoms. The van der Waals surface area contributed by atoms with Gasteiger partial charge in [-0.15, -0.1) is 24.0 Å². The molecule has 0 radical (unpaired) electrons. The largest absolute Gasteiger partial charge is 0.370 e. The molecule has 6 heteroatoms. The van der Waals surface area contributed by atoms with Gasteiger partial charge in [0, 0.05) is 25.6 Å². The lowest BCUT2D eigenvalue weighted by atomic mass is 10.0. The summed E-state index contributed by atoms with van der Waals surface area (Å²) in [5.74, 6) is 1.48. The highest BCUT2D eigenvalue weighted by molar-refractivity contribution is 14.0. The van der Waals surface area contributed by atoms with E-state index in [0.717, 1.165) is 25.9 Å². The Morgan fingerprint density at radius 1 is 1.47 bits per heavy atom. The molecule has 3 N–H and O–H groups in total. The number of hydrogen-bond acceptors (Lipinski definition) is 2. The number of nitrogens with one attached hydrogen (secondary N) is 1. The Hall–Kier alpha value is -0.530. The topological polar surface area (TPSA) is 70.7 Å². The molecule has 1 amide bonds. The maximum Gasteiger partial charge on any atom is 0.220 e. The molecule has 2 fully saturated rings. The number of halogens is 1. The van der Waals surface area contributed by atoms with Crippen LogP contribution in [-0.2, 0) is 4.79 Å². The van der Waals surface area contributed by atoms with E-state index in [1.54, 1.807) is 0 Å². The van der Waals surface area contributed by atoms with Crippen molar-refractivity contribution in [1.82, 2.24) is 10.2 Å². The lowest BCUT2D eigenvalue weighted by Gasteiger charge is -2.32. The number of carbonyl (C=O) groups is 1. The summed E-state index contributed by atoms with van der Waals surface area (Å²) >= 11 is 0. The smallest absolute Gasteiger partial charge is 0.220 e. The second-order valence-corrected chi connectivity index (χ2v) is 5.55. The Morgan fingerprint density at radius 2 is 2.26 bits per heavy atom. The van der Waals surface area contributed by atoms with E-state index >= 15 is 0 Å². The fraction of sp³-hybridized carbons (Fsp3) is 0.846. The molecule has 0 aromatic rings. The Kier molecular flexibility index (Phi) is 6.88. The molecule has 0 aromatic carbocycles. The van der Waals surface area contributed by atoms with Crippen LogP contribution in [0.5, 0.6) is 0 Å². The molecule has 0 saturated carbocycles. The molecular weight excluding hydrogens is 355 g/mol. The molecule has 2 atom stereocenters. The van der Waals surface area contributed by atoms with Gasteiger partial charge in [-0.3, -0.25) is 9.79 Å². The fourth-order valence-electron chi connectivity index (χ4n) is 2.72. The van der Waals surface area contributed by atoms with Crippen molar-refractivity contribution in [3.8, 4) is 0 Å². The van der Waals surface area contributed by atoms with Gasteiger partial charge in [-0.25, -0.2) is 0 Å². The fourth-order valence-corrected chi connectivity index (χ4v) is 2.72. The molecule has 2 heterocycles. The minimum Gasteiger partial charge on any atom is -0.370 e. The monoisotopic (exact) mass is 380 g/mol. The minimum atomic E-state index is 0. The molecule has 0 spiro atoms. The van der Waals surface area contributed by atoms with E-state index in [-0.39, 0.29) is 35.9 Å². The van der Waals surface area contributed by atoms with Crippen LogP contribution in [0.1, 0.15) is 39.0 Å². The van der Waals surface area contributed by atoms with E-state index in [4.69, 9.17) is 5.73 Å². The minimum absolute atomic E-state index is 0. The lowest BCUT2D eigenvalue weighted by molar-refractivity contribution is -0.123.